The highest BCUT2D eigenvalue weighted by atomic mass is 15.1. The smallest absolute Gasteiger partial charge is 0.188 e. The van der Waals surface area contributed by atoms with Crippen LogP contribution in [0.15, 0.2) is 54.7 Å². The van der Waals surface area contributed by atoms with Crippen LogP contribution in [0.25, 0.3) is 11.3 Å². The number of allylic oxidation sites excluding steroid dienone is 2. The lowest BCUT2D eigenvalue weighted by atomic mass is 9.67. The molecule has 1 aromatic carbocycles. The molecule has 2 atom stereocenters. The summed E-state index contributed by atoms with van der Waals surface area (Å²) in [7, 11) is 0. The fourth-order valence-corrected chi connectivity index (χ4v) is 3.35. The quantitative estimate of drug-likeness (QED) is 0.486. The summed E-state index contributed by atoms with van der Waals surface area (Å²) < 4.78 is 2.44. The number of nitrogens with zero attached hydrogens (tertiary/aromatic N) is 1. The summed E-state index contributed by atoms with van der Waals surface area (Å²) in [5.74, 6) is 0.521. The first-order valence-corrected chi connectivity index (χ1v) is 6.51. The number of hydrogen-bond donors (Lipinski definition) is 0. The van der Waals surface area contributed by atoms with Crippen molar-refractivity contribution < 1.29 is 4.57 Å². The van der Waals surface area contributed by atoms with E-state index in [9.17, 15) is 0 Å². The number of aromatic nitrogens is 1. The van der Waals surface area contributed by atoms with Crippen LogP contribution in [-0.2, 0) is 5.54 Å². The van der Waals surface area contributed by atoms with Crippen molar-refractivity contribution >= 4 is 0 Å². The van der Waals surface area contributed by atoms with Gasteiger partial charge in [0.05, 0.1) is 11.5 Å². The van der Waals surface area contributed by atoms with Gasteiger partial charge in [-0.3, -0.25) is 0 Å². The van der Waals surface area contributed by atoms with Crippen LogP contribution in [0.1, 0.15) is 24.0 Å². The molecule has 1 unspecified atom stereocenters. The first-order chi connectivity index (χ1) is 8.70. The van der Waals surface area contributed by atoms with Gasteiger partial charge in [0, 0.05) is 18.6 Å². The fraction of sp³-hybridized carbons (Fsp3) is 0.235. The minimum atomic E-state index is 0.121. The summed E-state index contributed by atoms with van der Waals surface area (Å²) in [6.07, 6.45) is 6.94. The molecule has 0 fully saturated rings. The molecule has 2 aliphatic rings. The van der Waals surface area contributed by atoms with Crippen molar-refractivity contribution in [3.8, 4) is 11.3 Å². The molecule has 1 nitrogen and oxygen atoms in total. The largest absolute Gasteiger partial charge is 0.213 e. The predicted octanol–water partition coefficient (Wildman–Crippen LogP) is 3.33. The molecule has 2 heterocycles. The lowest BCUT2D eigenvalue weighted by Crippen LogP contribution is -2.62. The average Bonchev–Trinajstić information content (AvgIpc) is 2.36. The maximum absolute atomic E-state index is 2.44. The van der Waals surface area contributed by atoms with Gasteiger partial charge in [-0.1, -0.05) is 24.3 Å². The minimum Gasteiger partial charge on any atom is -0.188 e. The van der Waals surface area contributed by atoms with Crippen LogP contribution < -0.4 is 4.57 Å². The van der Waals surface area contributed by atoms with E-state index >= 15 is 0 Å². The van der Waals surface area contributed by atoms with Gasteiger partial charge in [-0.05, 0) is 30.7 Å². The van der Waals surface area contributed by atoms with E-state index in [1.165, 1.54) is 22.4 Å². The highest BCUT2D eigenvalue weighted by Crippen LogP contribution is 2.48. The van der Waals surface area contributed by atoms with E-state index in [4.69, 9.17) is 0 Å². The van der Waals surface area contributed by atoms with Crippen molar-refractivity contribution in [1.29, 1.82) is 0 Å². The van der Waals surface area contributed by atoms with Gasteiger partial charge < -0.3 is 0 Å². The Hall–Kier alpha value is -1.89. The average molecular weight is 234 g/mol. The van der Waals surface area contributed by atoms with Gasteiger partial charge in [-0.2, -0.15) is 4.57 Å². The number of benzene rings is 1. The SMILES string of the molecule is Cc1ccc2[n+](c1)[C@@]1(C)C=CC1c1ccccc1-2. The van der Waals surface area contributed by atoms with E-state index in [1.54, 1.807) is 0 Å². The number of fused-ring (bicyclic) bond motifs is 6. The topological polar surface area (TPSA) is 3.88 Å². The number of pyridine rings is 1. The Bertz CT molecular complexity index is 684. The zero-order valence-electron chi connectivity index (χ0n) is 10.7. The molecule has 0 amide bonds. The van der Waals surface area contributed by atoms with E-state index in [0.717, 1.165) is 0 Å². The maximum atomic E-state index is 2.44. The maximum Gasteiger partial charge on any atom is 0.213 e. The van der Waals surface area contributed by atoms with Gasteiger partial charge in [0.2, 0.25) is 5.69 Å². The Morgan fingerprint density at radius 2 is 1.94 bits per heavy atom. The van der Waals surface area contributed by atoms with Crippen molar-refractivity contribution in [3.05, 3.63) is 65.9 Å². The number of hydrogen-bond acceptors (Lipinski definition) is 0. The van der Waals surface area contributed by atoms with Crippen molar-refractivity contribution in [3.63, 3.8) is 0 Å². The molecule has 0 radical (unpaired) electrons. The normalized spacial score (nSPS) is 26.9. The van der Waals surface area contributed by atoms with E-state index in [0.29, 0.717) is 5.92 Å². The van der Waals surface area contributed by atoms with Crippen LogP contribution in [0.4, 0.5) is 0 Å². The third kappa shape index (κ3) is 1.05. The minimum absolute atomic E-state index is 0.121. The summed E-state index contributed by atoms with van der Waals surface area (Å²) in [6.45, 7) is 4.49. The Morgan fingerprint density at radius 3 is 2.72 bits per heavy atom. The molecular weight excluding hydrogens is 218 g/mol. The summed E-state index contributed by atoms with van der Waals surface area (Å²) in [5, 5.41) is 0. The lowest BCUT2D eigenvalue weighted by molar-refractivity contribution is -0.747. The molecule has 1 aliphatic carbocycles. The highest BCUT2D eigenvalue weighted by molar-refractivity contribution is 5.66. The van der Waals surface area contributed by atoms with Gasteiger partial charge in [-0.15, -0.1) is 0 Å². The van der Waals surface area contributed by atoms with Crippen LogP contribution in [0.2, 0.25) is 0 Å². The molecule has 88 valence electrons. The van der Waals surface area contributed by atoms with Crippen LogP contribution in [0.5, 0.6) is 0 Å². The van der Waals surface area contributed by atoms with Gasteiger partial charge >= 0.3 is 0 Å². The predicted molar refractivity (Wildman–Crippen MR) is 72.3 cm³/mol. The van der Waals surface area contributed by atoms with Crippen molar-refractivity contribution in [2.75, 3.05) is 0 Å². The Labute approximate surface area is 107 Å². The molecule has 0 bridgehead atoms. The molecule has 0 spiro atoms. The van der Waals surface area contributed by atoms with Gasteiger partial charge in [0.25, 0.3) is 0 Å². The zero-order valence-corrected chi connectivity index (χ0v) is 10.7. The van der Waals surface area contributed by atoms with Crippen LogP contribution in [-0.4, -0.2) is 0 Å². The van der Waals surface area contributed by atoms with Crippen molar-refractivity contribution in [2.24, 2.45) is 0 Å². The highest BCUT2D eigenvalue weighted by Gasteiger charge is 2.52. The molecule has 18 heavy (non-hydrogen) atoms. The molecule has 0 saturated carbocycles. The second-order valence-electron chi connectivity index (χ2n) is 5.61. The van der Waals surface area contributed by atoms with Crippen LogP contribution >= 0.6 is 0 Å². The fourth-order valence-electron chi connectivity index (χ4n) is 3.35. The Kier molecular flexibility index (Phi) is 1.74. The third-order valence-electron chi connectivity index (χ3n) is 4.44. The van der Waals surface area contributed by atoms with E-state index < -0.39 is 0 Å². The third-order valence-corrected chi connectivity index (χ3v) is 4.44. The number of aryl methyl sites for hydroxylation is 1. The van der Waals surface area contributed by atoms with Gasteiger partial charge in [0.15, 0.2) is 11.7 Å². The van der Waals surface area contributed by atoms with Crippen molar-refractivity contribution in [2.45, 2.75) is 25.3 Å². The Morgan fingerprint density at radius 1 is 1.11 bits per heavy atom. The molecule has 1 aromatic heterocycles. The van der Waals surface area contributed by atoms with Crippen LogP contribution in [0.3, 0.4) is 0 Å². The molecule has 0 N–H and O–H groups in total. The molecule has 2 aromatic rings. The van der Waals surface area contributed by atoms with Crippen molar-refractivity contribution in [1.82, 2.24) is 0 Å². The second kappa shape index (κ2) is 3.11. The molecule has 1 heteroatoms. The second-order valence-corrected chi connectivity index (χ2v) is 5.61. The first-order valence-electron chi connectivity index (χ1n) is 6.51. The summed E-state index contributed by atoms with van der Waals surface area (Å²) in [4.78, 5) is 0. The number of rotatable bonds is 0. The monoisotopic (exact) mass is 234 g/mol. The Balaban J connectivity index is 2.11. The van der Waals surface area contributed by atoms with Gasteiger partial charge in [0.1, 0.15) is 0 Å². The molecule has 4 rings (SSSR count). The van der Waals surface area contributed by atoms with Crippen LogP contribution in [0, 0.1) is 6.92 Å². The summed E-state index contributed by atoms with van der Waals surface area (Å²) in [6, 6.07) is 13.2. The molecule has 1 aliphatic heterocycles. The van der Waals surface area contributed by atoms with E-state index in [1.807, 2.05) is 0 Å². The molecule has 0 saturated heterocycles. The zero-order chi connectivity index (χ0) is 12.3. The van der Waals surface area contributed by atoms with Gasteiger partial charge in [-0.25, -0.2) is 0 Å². The van der Waals surface area contributed by atoms with E-state index in [2.05, 4.69) is 73.2 Å². The standard InChI is InChI=1S/C17H16N/c1-12-7-8-16-14-6-4-3-5-13(14)15-9-10-17(15,2)18(16)11-12/h3-11,15H,1-2H3/q+1/t15?,17-/m0/s1. The lowest BCUT2D eigenvalue weighted by Gasteiger charge is -2.40. The van der Waals surface area contributed by atoms with E-state index in [-0.39, 0.29) is 5.54 Å². The first kappa shape index (κ1) is 10.1. The summed E-state index contributed by atoms with van der Waals surface area (Å²) >= 11 is 0. The summed E-state index contributed by atoms with van der Waals surface area (Å²) in [5.41, 5.74) is 5.61. The molecular formula is C17H16N+.